The number of nitrogens with zero attached hydrogens (tertiary/aromatic N) is 1. The van der Waals surface area contributed by atoms with E-state index in [0.29, 0.717) is 27.2 Å². The van der Waals surface area contributed by atoms with Gasteiger partial charge >= 0.3 is 0 Å². The molecule has 3 rings (SSSR count). The number of ether oxygens (including phenoxy) is 2. The highest BCUT2D eigenvalue weighted by molar-refractivity contribution is 6.36. The van der Waals surface area contributed by atoms with Crippen LogP contribution in [0.4, 0.5) is 5.69 Å². The minimum absolute atomic E-state index is 0.0863. The Morgan fingerprint density at radius 2 is 2.00 bits per heavy atom. The number of carbonyl (C=O) groups is 1. The quantitative estimate of drug-likeness (QED) is 0.599. The van der Waals surface area contributed by atoms with Crippen LogP contribution in [0.15, 0.2) is 48.2 Å². The molecule has 6 nitrogen and oxygen atoms in total. The minimum atomic E-state index is -0.511. The highest BCUT2D eigenvalue weighted by Crippen LogP contribution is 2.32. The molecule has 0 saturated heterocycles. The second kappa shape index (κ2) is 8.00. The average molecular weight is 390 g/mol. The zero-order valence-electron chi connectivity index (χ0n) is 13.4. The first-order valence-corrected chi connectivity index (χ1v) is 8.31. The van der Waals surface area contributed by atoms with E-state index in [1.54, 1.807) is 30.3 Å². The van der Waals surface area contributed by atoms with Crippen LogP contribution in [0.1, 0.15) is 5.56 Å². The van der Waals surface area contributed by atoms with E-state index in [-0.39, 0.29) is 18.9 Å². The molecular formula is C18H13Cl2N3O3. The van der Waals surface area contributed by atoms with Gasteiger partial charge < -0.3 is 20.1 Å². The van der Waals surface area contributed by atoms with Crippen LogP contribution < -0.4 is 20.1 Å². The van der Waals surface area contributed by atoms with E-state index in [1.165, 1.54) is 6.20 Å². The van der Waals surface area contributed by atoms with Crippen molar-refractivity contribution in [3.05, 3.63) is 63.8 Å². The van der Waals surface area contributed by atoms with Crippen LogP contribution in [0.5, 0.6) is 11.5 Å². The molecule has 0 radical (unpaired) electrons. The number of fused-ring (bicyclic) bond motifs is 1. The number of benzene rings is 2. The standard InChI is InChI=1S/C18H13Cl2N3O3/c19-13-2-3-15(14(20)6-13)22-9-12(7-21)18(24)23-8-11-1-4-16-17(5-11)26-10-25-16/h1-6,9,22H,8,10H2,(H,23,24)/b12-9-. The van der Waals surface area contributed by atoms with Gasteiger partial charge in [-0.1, -0.05) is 29.3 Å². The van der Waals surface area contributed by atoms with Gasteiger partial charge in [0.2, 0.25) is 6.79 Å². The first-order chi connectivity index (χ1) is 12.6. The fourth-order valence-electron chi connectivity index (χ4n) is 2.23. The van der Waals surface area contributed by atoms with Crippen LogP contribution in [-0.4, -0.2) is 12.7 Å². The number of anilines is 1. The topological polar surface area (TPSA) is 83.4 Å². The van der Waals surface area contributed by atoms with Gasteiger partial charge in [0, 0.05) is 17.8 Å². The van der Waals surface area contributed by atoms with Gasteiger partial charge in [-0.2, -0.15) is 5.26 Å². The number of halogens is 2. The van der Waals surface area contributed by atoms with Crippen LogP contribution in [0, 0.1) is 11.3 Å². The predicted molar refractivity (Wildman–Crippen MR) is 98.2 cm³/mol. The highest BCUT2D eigenvalue weighted by atomic mass is 35.5. The molecule has 0 aromatic heterocycles. The van der Waals surface area contributed by atoms with Gasteiger partial charge in [0.05, 0.1) is 10.7 Å². The molecule has 0 bridgehead atoms. The number of carbonyl (C=O) groups excluding carboxylic acids is 1. The van der Waals surface area contributed by atoms with Crippen LogP contribution in [-0.2, 0) is 11.3 Å². The summed E-state index contributed by atoms with van der Waals surface area (Å²) in [6.45, 7) is 0.432. The zero-order chi connectivity index (χ0) is 18.5. The summed E-state index contributed by atoms with van der Waals surface area (Å²) in [4.78, 5) is 12.2. The van der Waals surface area contributed by atoms with Crippen molar-refractivity contribution in [3.63, 3.8) is 0 Å². The average Bonchev–Trinajstić information content (AvgIpc) is 3.09. The van der Waals surface area contributed by atoms with Crippen molar-refractivity contribution in [3.8, 4) is 17.6 Å². The Morgan fingerprint density at radius 1 is 1.19 bits per heavy atom. The Kier molecular flexibility index (Phi) is 5.52. The minimum Gasteiger partial charge on any atom is -0.454 e. The first kappa shape index (κ1) is 17.9. The van der Waals surface area contributed by atoms with Gasteiger partial charge in [-0.15, -0.1) is 0 Å². The molecule has 2 N–H and O–H groups in total. The van der Waals surface area contributed by atoms with Crippen molar-refractivity contribution in [2.24, 2.45) is 0 Å². The summed E-state index contributed by atoms with van der Waals surface area (Å²) >= 11 is 11.9. The van der Waals surface area contributed by atoms with E-state index >= 15 is 0 Å². The number of nitriles is 1. The molecule has 26 heavy (non-hydrogen) atoms. The number of rotatable bonds is 5. The second-order valence-corrected chi connectivity index (χ2v) is 6.15. The molecule has 2 aromatic rings. The third kappa shape index (κ3) is 4.20. The lowest BCUT2D eigenvalue weighted by Crippen LogP contribution is -2.24. The van der Waals surface area contributed by atoms with E-state index in [4.69, 9.17) is 32.7 Å². The lowest BCUT2D eigenvalue weighted by Gasteiger charge is -2.07. The van der Waals surface area contributed by atoms with E-state index in [9.17, 15) is 10.1 Å². The third-order valence-corrected chi connectivity index (χ3v) is 4.11. The smallest absolute Gasteiger partial charge is 0.263 e. The third-order valence-electron chi connectivity index (χ3n) is 3.56. The maximum absolute atomic E-state index is 12.2. The molecule has 0 fully saturated rings. The molecule has 1 aliphatic heterocycles. The monoisotopic (exact) mass is 389 g/mol. The van der Waals surface area contributed by atoms with E-state index in [2.05, 4.69) is 10.6 Å². The molecule has 8 heteroatoms. The number of nitrogens with one attached hydrogen (secondary N) is 2. The zero-order valence-corrected chi connectivity index (χ0v) is 14.9. The van der Waals surface area contributed by atoms with Gasteiger partial charge in [-0.3, -0.25) is 4.79 Å². The molecule has 0 spiro atoms. The highest BCUT2D eigenvalue weighted by Gasteiger charge is 2.14. The van der Waals surface area contributed by atoms with Crippen molar-refractivity contribution in [1.82, 2.24) is 5.32 Å². The van der Waals surface area contributed by atoms with Crippen molar-refractivity contribution >= 4 is 34.8 Å². The van der Waals surface area contributed by atoms with Gasteiger partial charge in [-0.25, -0.2) is 0 Å². The molecule has 0 unspecified atom stereocenters. The lowest BCUT2D eigenvalue weighted by atomic mass is 10.2. The first-order valence-electron chi connectivity index (χ1n) is 7.55. The Morgan fingerprint density at radius 3 is 2.77 bits per heavy atom. The van der Waals surface area contributed by atoms with Crippen molar-refractivity contribution in [2.45, 2.75) is 6.54 Å². The van der Waals surface area contributed by atoms with Crippen LogP contribution in [0.2, 0.25) is 10.0 Å². The van der Waals surface area contributed by atoms with Crippen LogP contribution in [0.25, 0.3) is 0 Å². The Balaban J connectivity index is 1.62. The molecule has 132 valence electrons. The Labute approximate surface area is 159 Å². The molecule has 2 aromatic carbocycles. The Bertz CT molecular complexity index is 922. The molecule has 1 aliphatic rings. The van der Waals surface area contributed by atoms with Crippen molar-refractivity contribution in [2.75, 3.05) is 12.1 Å². The molecule has 1 amide bonds. The van der Waals surface area contributed by atoms with Gasteiger partial charge in [0.15, 0.2) is 11.5 Å². The summed E-state index contributed by atoms with van der Waals surface area (Å²) in [6, 6.07) is 12.1. The van der Waals surface area contributed by atoms with Gasteiger partial charge in [-0.05, 0) is 35.9 Å². The summed E-state index contributed by atoms with van der Waals surface area (Å²) < 4.78 is 10.5. The van der Waals surface area contributed by atoms with Crippen LogP contribution >= 0.6 is 23.2 Å². The normalized spacial score (nSPS) is 12.4. The molecule has 0 atom stereocenters. The number of hydrogen-bond donors (Lipinski definition) is 2. The summed E-state index contributed by atoms with van der Waals surface area (Å²) in [5.41, 5.74) is 1.28. The summed E-state index contributed by atoms with van der Waals surface area (Å²) in [7, 11) is 0. The number of hydrogen-bond acceptors (Lipinski definition) is 5. The molecule has 0 saturated carbocycles. The summed E-state index contributed by atoms with van der Waals surface area (Å²) in [5.74, 6) is 0.788. The van der Waals surface area contributed by atoms with Crippen LogP contribution in [0.3, 0.4) is 0 Å². The molecule has 0 aliphatic carbocycles. The van der Waals surface area contributed by atoms with E-state index < -0.39 is 5.91 Å². The SMILES string of the molecule is N#C/C(=C/Nc1ccc(Cl)cc1Cl)C(=O)NCc1ccc2c(c1)OCO2. The van der Waals surface area contributed by atoms with Gasteiger partial charge in [0.25, 0.3) is 5.91 Å². The largest absolute Gasteiger partial charge is 0.454 e. The second-order valence-electron chi connectivity index (χ2n) is 5.31. The van der Waals surface area contributed by atoms with E-state index in [1.807, 2.05) is 12.1 Å². The van der Waals surface area contributed by atoms with Gasteiger partial charge in [0.1, 0.15) is 11.6 Å². The lowest BCUT2D eigenvalue weighted by molar-refractivity contribution is -0.117. The summed E-state index contributed by atoms with van der Waals surface area (Å²) in [5, 5.41) is 15.6. The molecule has 1 heterocycles. The van der Waals surface area contributed by atoms with Crippen molar-refractivity contribution in [1.29, 1.82) is 5.26 Å². The maximum atomic E-state index is 12.2. The maximum Gasteiger partial charge on any atom is 0.263 e. The summed E-state index contributed by atoms with van der Waals surface area (Å²) in [6.07, 6.45) is 1.30. The molecular weight excluding hydrogens is 377 g/mol. The fraction of sp³-hybridized carbons (Fsp3) is 0.111. The van der Waals surface area contributed by atoms with Crippen molar-refractivity contribution < 1.29 is 14.3 Å². The number of amides is 1. The van der Waals surface area contributed by atoms with E-state index in [0.717, 1.165) is 5.56 Å². The Hall–Kier alpha value is -2.88. The predicted octanol–water partition coefficient (Wildman–Crippen LogP) is 3.86. The fourth-order valence-corrected chi connectivity index (χ4v) is 2.70.